The van der Waals surface area contributed by atoms with Crippen molar-refractivity contribution in [2.24, 2.45) is 5.92 Å². The molecule has 184 valence electrons. The Labute approximate surface area is 198 Å². The van der Waals surface area contributed by atoms with Gasteiger partial charge >= 0.3 is 0 Å². The Morgan fingerprint density at radius 2 is 1.82 bits per heavy atom. The van der Waals surface area contributed by atoms with E-state index in [0.29, 0.717) is 32.7 Å². The van der Waals surface area contributed by atoms with Crippen LogP contribution in [0.1, 0.15) is 45.1 Å². The normalized spacial score (nSPS) is 32.1. The molecule has 1 unspecified atom stereocenters. The number of piperidine rings is 1. The quantitative estimate of drug-likeness (QED) is 0.717. The Morgan fingerprint density at radius 1 is 1.12 bits per heavy atom. The van der Waals surface area contributed by atoms with E-state index in [4.69, 9.17) is 9.47 Å². The Bertz CT molecular complexity index is 973. The first-order chi connectivity index (χ1) is 16.3. The molecule has 4 aliphatic heterocycles. The standard InChI is InChI=1S/C25H32FN3O5/c1-15(30)27-25(2,19-5-3-4-6-20(19)26)24(32)28-12-16(11-22-21(28)9-10-34-22)23(31)29-17-7-8-18(29)14-33-13-17/h3-6,16-18,21-22H,7-14H2,1-2H3,(H,27,30)/t16-,17+,18+,21+,22+,25?/m1/s1. The lowest BCUT2D eigenvalue weighted by atomic mass is 9.84. The van der Waals surface area contributed by atoms with Gasteiger partial charge in [0, 0.05) is 25.6 Å². The van der Waals surface area contributed by atoms with Gasteiger partial charge in [-0.3, -0.25) is 14.4 Å². The zero-order chi connectivity index (χ0) is 24.0. The molecule has 5 rings (SSSR count). The van der Waals surface area contributed by atoms with Gasteiger partial charge < -0.3 is 24.6 Å². The second-order valence-corrected chi connectivity index (χ2v) is 10.1. The molecule has 0 spiro atoms. The summed E-state index contributed by atoms with van der Waals surface area (Å²) < 4.78 is 26.4. The average Bonchev–Trinajstić information content (AvgIpc) is 3.38. The number of ether oxygens (including phenoxy) is 2. The molecule has 4 aliphatic rings. The zero-order valence-electron chi connectivity index (χ0n) is 19.7. The Kier molecular flexibility index (Phi) is 6.10. The molecule has 3 amide bonds. The minimum absolute atomic E-state index is 0.0367. The van der Waals surface area contributed by atoms with Crippen molar-refractivity contribution in [3.05, 3.63) is 35.6 Å². The Morgan fingerprint density at radius 3 is 2.50 bits per heavy atom. The fourth-order valence-electron chi connectivity index (χ4n) is 6.30. The topological polar surface area (TPSA) is 88.2 Å². The van der Waals surface area contributed by atoms with Crippen LogP contribution < -0.4 is 5.32 Å². The van der Waals surface area contributed by atoms with Crippen LogP contribution in [0.15, 0.2) is 24.3 Å². The van der Waals surface area contributed by atoms with Crippen LogP contribution in [0.2, 0.25) is 0 Å². The molecule has 0 saturated carbocycles. The maximum absolute atomic E-state index is 14.9. The number of carbonyl (C=O) groups excluding carboxylic acids is 3. The minimum atomic E-state index is -1.60. The van der Waals surface area contributed by atoms with E-state index in [1.165, 1.54) is 26.0 Å². The number of halogens is 1. The van der Waals surface area contributed by atoms with Gasteiger partial charge in [0.1, 0.15) is 11.4 Å². The first kappa shape index (κ1) is 23.2. The third-order valence-electron chi connectivity index (χ3n) is 7.88. The van der Waals surface area contributed by atoms with Crippen molar-refractivity contribution >= 4 is 17.7 Å². The number of nitrogens with one attached hydrogen (secondary N) is 1. The second kappa shape index (κ2) is 8.92. The van der Waals surface area contributed by atoms with Crippen molar-refractivity contribution in [2.45, 2.75) is 69.3 Å². The average molecular weight is 474 g/mol. The summed E-state index contributed by atoms with van der Waals surface area (Å²) in [6.45, 7) is 4.67. The summed E-state index contributed by atoms with van der Waals surface area (Å²) in [6, 6.07) is 5.94. The molecule has 1 aromatic rings. The van der Waals surface area contributed by atoms with Gasteiger partial charge in [-0.1, -0.05) is 18.2 Å². The molecule has 9 heteroatoms. The molecule has 6 atom stereocenters. The summed E-state index contributed by atoms with van der Waals surface area (Å²) in [5.41, 5.74) is -1.50. The molecule has 34 heavy (non-hydrogen) atoms. The highest BCUT2D eigenvalue weighted by Gasteiger charge is 2.52. The van der Waals surface area contributed by atoms with Crippen LogP contribution >= 0.6 is 0 Å². The molecule has 1 N–H and O–H groups in total. The summed E-state index contributed by atoms with van der Waals surface area (Å²) in [4.78, 5) is 43.5. The summed E-state index contributed by atoms with van der Waals surface area (Å²) in [6.07, 6.45) is 2.81. The van der Waals surface area contributed by atoms with Gasteiger partial charge in [0.15, 0.2) is 0 Å². The monoisotopic (exact) mass is 473 g/mol. The molecule has 1 aromatic carbocycles. The van der Waals surface area contributed by atoms with E-state index in [1.54, 1.807) is 17.0 Å². The van der Waals surface area contributed by atoms with E-state index < -0.39 is 29.1 Å². The lowest BCUT2D eigenvalue weighted by Gasteiger charge is -2.46. The van der Waals surface area contributed by atoms with Gasteiger partial charge in [0.25, 0.3) is 5.91 Å². The molecule has 4 heterocycles. The van der Waals surface area contributed by atoms with Crippen molar-refractivity contribution in [1.29, 1.82) is 0 Å². The van der Waals surface area contributed by atoms with Crippen LogP contribution in [0.5, 0.6) is 0 Å². The SMILES string of the molecule is CC(=O)NC(C)(C(=O)N1C[C@H](C(=O)N2[C@H]3CC[C@H]2COC3)C[C@@H]2OCC[C@@H]21)c1ccccc1F. The maximum Gasteiger partial charge on any atom is 0.253 e. The number of hydrogen-bond acceptors (Lipinski definition) is 5. The number of morpholine rings is 1. The van der Waals surface area contributed by atoms with Crippen LogP contribution in [0.4, 0.5) is 4.39 Å². The largest absolute Gasteiger partial charge is 0.377 e. The van der Waals surface area contributed by atoms with Gasteiger partial charge in [-0.05, 0) is 38.7 Å². The molecule has 4 saturated heterocycles. The summed E-state index contributed by atoms with van der Waals surface area (Å²) in [7, 11) is 0. The Hall–Kier alpha value is -2.52. The number of rotatable bonds is 4. The highest BCUT2D eigenvalue weighted by molar-refractivity contribution is 5.92. The van der Waals surface area contributed by atoms with Crippen molar-refractivity contribution < 1.29 is 28.2 Å². The Balaban J connectivity index is 1.45. The second-order valence-electron chi connectivity index (χ2n) is 10.1. The van der Waals surface area contributed by atoms with E-state index in [-0.39, 0.29) is 42.2 Å². The number of carbonyl (C=O) groups is 3. The van der Waals surface area contributed by atoms with E-state index in [0.717, 1.165) is 12.8 Å². The number of nitrogens with zero attached hydrogens (tertiary/aromatic N) is 2. The number of likely N-dealkylation sites (tertiary alicyclic amines) is 1. The highest BCUT2D eigenvalue weighted by atomic mass is 19.1. The van der Waals surface area contributed by atoms with Gasteiger partial charge in [-0.15, -0.1) is 0 Å². The summed E-state index contributed by atoms with van der Waals surface area (Å²) in [5.74, 6) is -1.80. The van der Waals surface area contributed by atoms with E-state index in [1.807, 2.05) is 4.90 Å². The van der Waals surface area contributed by atoms with Crippen molar-refractivity contribution in [3.63, 3.8) is 0 Å². The lowest BCUT2D eigenvalue weighted by molar-refractivity contribution is -0.156. The minimum Gasteiger partial charge on any atom is -0.377 e. The third-order valence-corrected chi connectivity index (χ3v) is 7.88. The molecule has 4 fully saturated rings. The third kappa shape index (κ3) is 3.88. The summed E-state index contributed by atoms with van der Waals surface area (Å²) in [5, 5.41) is 2.70. The van der Waals surface area contributed by atoms with Crippen LogP contribution in [-0.4, -0.2) is 78.1 Å². The molecule has 0 aromatic heterocycles. The van der Waals surface area contributed by atoms with Crippen molar-refractivity contribution in [1.82, 2.24) is 15.1 Å². The number of fused-ring (bicyclic) bond motifs is 3. The number of benzene rings is 1. The smallest absolute Gasteiger partial charge is 0.253 e. The lowest BCUT2D eigenvalue weighted by Crippen LogP contribution is -2.63. The van der Waals surface area contributed by atoms with Crippen LogP contribution in [-0.2, 0) is 29.4 Å². The molecular weight excluding hydrogens is 441 g/mol. The van der Waals surface area contributed by atoms with Crippen LogP contribution in [0.25, 0.3) is 0 Å². The maximum atomic E-state index is 14.9. The van der Waals surface area contributed by atoms with E-state index in [9.17, 15) is 18.8 Å². The van der Waals surface area contributed by atoms with E-state index in [2.05, 4.69) is 5.32 Å². The zero-order valence-corrected chi connectivity index (χ0v) is 19.7. The molecular formula is C25H32FN3O5. The molecule has 2 bridgehead atoms. The van der Waals surface area contributed by atoms with Gasteiger partial charge in [0.2, 0.25) is 11.8 Å². The van der Waals surface area contributed by atoms with Gasteiger partial charge in [-0.25, -0.2) is 4.39 Å². The molecule has 8 nitrogen and oxygen atoms in total. The van der Waals surface area contributed by atoms with Gasteiger partial charge in [-0.2, -0.15) is 0 Å². The first-order valence-electron chi connectivity index (χ1n) is 12.2. The van der Waals surface area contributed by atoms with Crippen molar-refractivity contribution in [3.8, 4) is 0 Å². The molecule has 0 aliphatic carbocycles. The molecule has 0 radical (unpaired) electrons. The fraction of sp³-hybridized carbons (Fsp3) is 0.640. The number of amides is 3. The van der Waals surface area contributed by atoms with Gasteiger partial charge in [0.05, 0.1) is 43.4 Å². The van der Waals surface area contributed by atoms with Crippen LogP contribution in [0.3, 0.4) is 0 Å². The number of hydrogen-bond donors (Lipinski definition) is 1. The van der Waals surface area contributed by atoms with E-state index >= 15 is 0 Å². The van der Waals surface area contributed by atoms with Crippen LogP contribution in [0, 0.1) is 11.7 Å². The summed E-state index contributed by atoms with van der Waals surface area (Å²) >= 11 is 0. The predicted octanol–water partition coefficient (Wildman–Crippen LogP) is 1.57. The predicted molar refractivity (Wildman–Crippen MR) is 120 cm³/mol. The van der Waals surface area contributed by atoms with Crippen molar-refractivity contribution in [2.75, 3.05) is 26.4 Å². The fourth-order valence-corrected chi connectivity index (χ4v) is 6.30. The highest BCUT2D eigenvalue weighted by Crippen LogP contribution is 2.38. The first-order valence-corrected chi connectivity index (χ1v) is 12.2.